The van der Waals surface area contributed by atoms with Crippen molar-refractivity contribution in [2.24, 2.45) is 0 Å². The van der Waals surface area contributed by atoms with Gasteiger partial charge in [0.15, 0.2) is 0 Å². The zero-order valence-electron chi connectivity index (χ0n) is 18.0. The molecule has 0 bridgehead atoms. The summed E-state index contributed by atoms with van der Waals surface area (Å²) in [5.74, 6) is 0.813. The molecule has 1 unspecified atom stereocenters. The average molecular weight is 453 g/mol. The fourth-order valence-electron chi connectivity index (χ4n) is 4.28. The molecule has 1 fully saturated rings. The zero-order valence-corrected chi connectivity index (χ0v) is 18.8. The van der Waals surface area contributed by atoms with Crippen LogP contribution in [0.2, 0.25) is 0 Å². The minimum atomic E-state index is -0.404. The fraction of sp³-hybridized carbons (Fsp3) is 0.333. The molecule has 0 aliphatic carbocycles. The van der Waals surface area contributed by atoms with Gasteiger partial charge in [0.1, 0.15) is 34.4 Å². The van der Waals surface area contributed by atoms with E-state index in [4.69, 9.17) is 13.6 Å². The first-order valence-electron chi connectivity index (χ1n) is 10.7. The lowest BCUT2D eigenvalue weighted by molar-refractivity contribution is 0.0198. The van der Waals surface area contributed by atoms with Crippen molar-refractivity contribution in [1.82, 2.24) is 9.88 Å². The number of benzene rings is 1. The highest BCUT2D eigenvalue weighted by Gasteiger charge is 2.33. The number of phenols is 1. The number of hydrogen-bond donors (Lipinski definition) is 1. The van der Waals surface area contributed by atoms with E-state index in [9.17, 15) is 9.90 Å². The Balaban J connectivity index is 1.78. The van der Waals surface area contributed by atoms with Crippen LogP contribution in [-0.4, -0.2) is 41.3 Å². The van der Waals surface area contributed by atoms with Crippen molar-refractivity contribution in [3.05, 3.63) is 68.9 Å². The molecule has 4 heterocycles. The van der Waals surface area contributed by atoms with Crippen molar-refractivity contribution < 1.29 is 18.7 Å². The van der Waals surface area contributed by atoms with Gasteiger partial charge < -0.3 is 18.7 Å². The van der Waals surface area contributed by atoms with E-state index in [0.717, 1.165) is 5.69 Å². The third kappa shape index (κ3) is 3.54. The molecule has 0 radical (unpaired) electrons. The van der Waals surface area contributed by atoms with Crippen LogP contribution >= 0.6 is 11.3 Å². The monoisotopic (exact) mass is 452 g/mol. The SMILES string of the molecule is CCc1cc2c(=O)c(-c3nc(C)cs3)coc2c(C(c2ccco2)N2CCOCC2)c1O. The second-order valence-electron chi connectivity index (χ2n) is 7.87. The van der Waals surface area contributed by atoms with Crippen LogP contribution < -0.4 is 5.43 Å². The molecule has 32 heavy (non-hydrogen) atoms. The van der Waals surface area contributed by atoms with Gasteiger partial charge in [-0.15, -0.1) is 11.3 Å². The molecule has 5 rings (SSSR count). The Bertz CT molecular complexity index is 1300. The normalized spacial score (nSPS) is 15.9. The molecule has 3 aromatic heterocycles. The molecule has 1 N–H and O–H groups in total. The smallest absolute Gasteiger partial charge is 0.202 e. The molecule has 1 aliphatic rings. The Labute approximate surface area is 188 Å². The molecule has 8 heteroatoms. The number of rotatable bonds is 5. The summed E-state index contributed by atoms with van der Waals surface area (Å²) in [5.41, 5.74) is 2.74. The Hall–Kier alpha value is -2.94. The largest absolute Gasteiger partial charge is 0.507 e. The summed E-state index contributed by atoms with van der Waals surface area (Å²) in [5, 5.41) is 14.3. The highest BCUT2D eigenvalue weighted by atomic mass is 32.1. The van der Waals surface area contributed by atoms with Gasteiger partial charge >= 0.3 is 0 Å². The van der Waals surface area contributed by atoms with Crippen LogP contribution in [0, 0.1) is 6.92 Å². The van der Waals surface area contributed by atoms with Crippen LogP contribution in [0.25, 0.3) is 21.5 Å². The topological polar surface area (TPSA) is 88.9 Å². The number of nitrogens with zero attached hydrogens (tertiary/aromatic N) is 2. The van der Waals surface area contributed by atoms with Crippen molar-refractivity contribution in [1.29, 1.82) is 0 Å². The Morgan fingerprint density at radius 1 is 1.28 bits per heavy atom. The van der Waals surface area contributed by atoms with Crippen molar-refractivity contribution >= 4 is 22.3 Å². The van der Waals surface area contributed by atoms with Gasteiger partial charge in [0, 0.05) is 24.2 Å². The predicted octanol–water partition coefficient (Wildman–Crippen LogP) is 4.51. The molecule has 1 saturated heterocycles. The Morgan fingerprint density at radius 2 is 2.09 bits per heavy atom. The highest BCUT2D eigenvalue weighted by molar-refractivity contribution is 7.13. The molecule has 0 amide bonds. The van der Waals surface area contributed by atoms with Gasteiger partial charge in [-0.2, -0.15) is 0 Å². The van der Waals surface area contributed by atoms with Crippen LogP contribution in [0.4, 0.5) is 0 Å². The number of aryl methyl sites for hydroxylation is 2. The van der Waals surface area contributed by atoms with Gasteiger partial charge in [-0.3, -0.25) is 9.69 Å². The molecule has 7 nitrogen and oxygen atoms in total. The van der Waals surface area contributed by atoms with Crippen LogP contribution in [0.5, 0.6) is 5.75 Å². The lowest BCUT2D eigenvalue weighted by Gasteiger charge is -2.34. The van der Waals surface area contributed by atoms with Crippen LogP contribution in [0.3, 0.4) is 0 Å². The number of fused-ring (bicyclic) bond motifs is 1. The van der Waals surface area contributed by atoms with E-state index in [1.54, 1.807) is 12.3 Å². The van der Waals surface area contributed by atoms with Gasteiger partial charge in [-0.1, -0.05) is 6.92 Å². The van der Waals surface area contributed by atoms with Crippen LogP contribution in [0.1, 0.15) is 35.5 Å². The first kappa shape index (κ1) is 20.9. The first-order valence-corrected chi connectivity index (χ1v) is 11.5. The van der Waals surface area contributed by atoms with Crippen LogP contribution in [0.15, 0.2) is 49.7 Å². The molecule has 1 aromatic carbocycles. The van der Waals surface area contributed by atoms with E-state index in [2.05, 4.69) is 9.88 Å². The number of phenolic OH excluding ortho intramolecular Hbond substituents is 1. The summed E-state index contributed by atoms with van der Waals surface area (Å²) >= 11 is 1.41. The third-order valence-electron chi connectivity index (χ3n) is 5.88. The maximum Gasteiger partial charge on any atom is 0.202 e. The summed E-state index contributed by atoms with van der Waals surface area (Å²) in [6.07, 6.45) is 3.64. The van der Waals surface area contributed by atoms with E-state index in [-0.39, 0.29) is 11.2 Å². The number of aromatic nitrogens is 1. The molecular formula is C24H24N2O5S. The maximum atomic E-state index is 13.5. The maximum absolute atomic E-state index is 13.5. The second-order valence-corrected chi connectivity index (χ2v) is 8.73. The van der Waals surface area contributed by atoms with E-state index >= 15 is 0 Å². The summed E-state index contributed by atoms with van der Waals surface area (Å²) in [4.78, 5) is 20.2. The summed E-state index contributed by atoms with van der Waals surface area (Å²) in [6.45, 7) is 6.36. The number of hydrogen-bond acceptors (Lipinski definition) is 8. The summed E-state index contributed by atoms with van der Waals surface area (Å²) < 4.78 is 17.4. The highest BCUT2D eigenvalue weighted by Crippen LogP contribution is 2.42. The first-order chi connectivity index (χ1) is 15.6. The van der Waals surface area contributed by atoms with Crippen LogP contribution in [-0.2, 0) is 11.2 Å². The van der Waals surface area contributed by atoms with Crippen molar-refractivity contribution in [3.63, 3.8) is 0 Å². The van der Waals surface area contributed by atoms with E-state index in [0.29, 0.717) is 71.2 Å². The van der Waals surface area contributed by atoms with Crippen molar-refractivity contribution in [2.45, 2.75) is 26.3 Å². The number of furan rings is 1. The number of ether oxygens (including phenoxy) is 1. The average Bonchev–Trinajstić information content (AvgIpc) is 3.48. The Kier molecular flexibility index (Phi) is 5.58. The molecule has 1 aliphatic heterocycles. The summed E-state index contributed by atoms with van der Waals surface area (Å²) in [7, 11) is 0. The minimum absolute atomic E-state index is 0.133. The number of aromatic hydroxyl groups is 1. The van der Waals surface area contributed by atoms with Crippen molar-refractivity contribution in [3.8, 4) is 16.3 Å². The quantitative estimate of drug-likeness (QED) is 0.477. The second kappa shape index (κ2) is 8.54. The third-order valence-corrected chi connectivity index (χ3v) is 6.87. The molecule has 1 atom stereocenters. The van der Waals surface area contributed by atoms with Gasteiger partial charge in [-0.25, -0.2) is 4.98 Å². The van der Waals surface area contributed by atoms with Gasteiger partial charge in [-0.05, 0) is 37.1 Å². The van der Waals surface area contributed by atoms with E-state index in [1.165, 1.54) is 17.6 Å². The zero-order chi connectivity index (χ0) is 22.2. The minimum Gasteiger partial charge on any atom is -0.507 e. The predicted molar refractivity (Wildman–Crippen MR) is 122 cm³/mol. The number of thiazole rings is 1. The molecular weight excluding hydrogens is 428 g/mol. The Morgan fingerprint density at radius 3 is 2.75 bits per heavy atom. The number of morpholine rings is 1. The van der Waals surface area contributed by atoms with Crippen molar-refractivity contribution in [2.75, 3.05) is 26.3 Å². The lowest BCUT2D eigenvalue weighted by atomic mass is 9.94. The van der Waals surface area contributed by atoms with Gasteiger partial charge in [0.05, 0.1) is 36.0 Å². The van der Waals surface area contributed by atoms with Gasteiger partial charge in [0.25, 0.3) is 0 Å². The van der Waals surface area contributed by atoms with E-state index < -0.39 is 6.04 Å². The lowest BCUT2D eigenvalue weighted by Crippen LogP contribution is -2.39. The molecule has 166 valence electrons. The van der Waals surface area contributed by atoms with E-state index in [1.807, 2.05) is 31.4 Å². The summed E-state index contributed by atoms with van der Waals surface area (Å²) in [6, 6.07) is 5.04. The fourth-order valence-corrected chi connectivity index (χ4v) is 5.08. The molecule has 4 aromatic rings. The van der Waals surface area contributed by atoms with Gasteiger partial charge in [0.2, 0.25) is 5.43 Å². The molecule has 0 saturated carbocycles. The molecule has 0 spiro atoms. The standard InChI is InChI=1S/C24H24N2O5S/c1-3-15-11-16-22(28)17(24-25-14(2)13-32-24)12-31-23(16)19(21(15)27)20(18-5-4-8-30-18)26-6-9-29-10-7-26/h4-5,8,11-13,20,27H,3,6-7,9-10H2,1-2H3.